The lowest BCUT2D eigenvalue weighted by Crippen LogP contribution is -2.41. The second-order valence-electron chi connectivity index (χ2n) is 4.28. The zero-order chi connectivity index (χ0) is 10.7. The maximum Gasteiger partial charge on any atom is 0.0719 e. The fraction of sp³-hybridized carbons (Fsp3) is 0.500. The van der Waals surface area contributed by atoms with Crippen molar-refractivity contribution in [2.24, 2.45) is 5.90 Å². The number of likely N-dealkylation sites (N-methyl/N-ethyl adjacent to an activating group) is 1. The molecule has 3 heteroatoms. The van der Waals surface area contributed by atoms with Gasteiger partial charge in [0, 0.05) is 19.0 Å². The summed E-state index contributed by atoms with van der Waals surface area (Å²) in [5.74, 6) is 5.74. The Balaban J connectivity index is 1.99. The molecule has 1 fully saturated rings. The van der Waals surface area contributed by atoms with Gasteiger partial charge in [-0.1, -0.05) is 24.3 Å². The number of nitrogens with two attached hydrogens (primary N) is 1. The molecule has 0 atom stereocenters. The van der Waals surface area contributed by atoms with E-state index in [1.54, 1.807) is 0 Å². The first-order valence-corrected chi connectivity index (χ1v) is 5.38. The summed E-state index contributed by atoms with van der Waals surface area (Å²) in [6, 6.07) is 8.74. The van der Waals surface area contributed by atoms with Crippen LogP contribution in [0.4, 0.5) is 0 Å². The van der Waals surface area contributed by atoms with Crippen molar-refractivity contribution in [1.29, 1.82) is 0 Å². The average molecular weight is 206 g/mol. The summed E-state index contributed by atoms with van der Waals surface area (Å²) in [5.41, 5.74) is 2.76. The monoisotopic (exact) mass is 206 g/mol. The summed E-state index contributed by atoms with van der Waals surface area (Å²) in [7, 11) is 2.16. The highest BCUT2D eigenvalue weighted by Gasteiger charge is 2.24. The quantitative estimate of drug-likeness (QED) is 0.751. The van der Waals surface area contributed by atoms with E-state index in [0.29, 0.717) is 12.5 Å². The van der Waals surface area contributed by atoms with Crippen LogP contribution < -0.4 is 5.90 Å². The summed E-state index contributed by atoms with van der Waals surface area (Å²) in [4.78, 5) is 6.93. The smallest absolute Gasteiger partial charge is 0.0719 e. The highest BCUT2D eigenvalue weighted by Crippen LogP contribution is 2.25. The van der Waals surface area contributed by atoms with E-state index >= 15 is 0 Å². The first-order chi connectivity index (χ1) is 7.29. The third kappa shape index (κ3) is 2.56. The third-order valence-electron chi connectivity index (χ3n) is 3.00. The van der Waals surface area contributed by atoms with E-state index < -0.39 is 0 Å². The fourth-order valence-electron chi connectivity index (χ4n) is 2.09. The maximum atomic E-state index is 5.02. The van der Waals surface area contributed by atoms with Crippen LogP contribution in [0.1, 0.15) is 17.0 Å². The Morgan fingerprint density at radius 2 is 2.27 bits per heavy atom. The van der Waals surface area contributed by atoms with Crippen LogP contribution in [0.3, 0.4) is 0 Å². The molecule has 1 heterocycles. The van der Waals surface area contributed by atoms with Crippen LogP contribution in [0.5, 0.6) is 0 Å². The first-order valence-electron chi connectivity index (χ1n) is 5.38. The van der Waals surface area contributed by atoms with Crippen molar-refractivity contribution in [1.82, 2.24) is 4.90 Å². The van der Waals surface area contributed by atoms with Gasteiger partial charge in [-0.05, 0) is 24.6 Å². The van der Waals surface area contributed by atoms with E-state index in [9.17, 15) is 0 Å². The van der Waals surface area contributed by atoms with Crippen molar-refractivity contribution in [3.63, 3.8) is 0 Å². The third-order valence-corrected chi connectivity index (χ3v) is 3.00. The standard InChI is InChI=1S/C12H18N2O/c1-14-8-12(9-14)11-4-2-3-10(7-11)5-6-15-13/h2-4,7,12H,5-6,8-9,13H2,1H3. The Morgan fingerprint density at radius 1 is 1.47 bits per heavy atom. The minimum absolute atomic E-state index is 0.591. The van der Waals surface area contributed by atoms with Crippen molar-refractivity contribution in [2.45, 2.75) is 12.3 Å². The molecule has 0 aromatic heterocycles. The summed E-state index contributed by atoms with van der Waals surface area (Å²) in [5, 5.41) is 0. The molecule has 1 aliphatic rings. The van der Waals surface area contributed by atoms with Gasteiger partial charge in [-0.25, -0.2) is 5.90 Å². The summed E-state index contributed by atoms with van der Waals surface area (Å²) < 4.78 is 0. The zero-order valence-electron chi connectivity index (χ0n) is 9.15. The van der Waals surface area contributed by atoms with Crippen molar-refractivity contribution in [3.05, 3.63) is 35.4 Å². The molecular weight excluding hydrogens is 188 g/mol. The van der Waals surface area contributed by atoms with Crippen LogP contribution >= 0.6 is 0 Å². The van der Waals surface area contributed by atoms with Gasteiger partial charge < -0.3 is 9.74 Å². The Labute approximate surface area is 90.8 Å². The van der Waals surface area contributed by atoms with Crippen LogP contribution in [0.15, 0.2) is 24.3 Å². The van der Waals surface area contributed by atoms with Gasteiger partial charge in [0.1, 0.15) is 0 Å². The second kappa shape index (κ2) is 4.75. The number of nitrogens with zero attached hydrogens (tertiary/aromatic N) is 1. The van der Waals surface area contributed by atoms with E-state index in [1.807, 2.05) is 0 Å². The Bertz CT molecular complexity index is 321. The number of hydrogen-bond acceptors (Lipinski definition) is 3. The highest BCUT2D eigenvalue weighted by atomic mass is 16.6. The summed E-state index contributed by atoms with van der Waals surface area (Å²) in [6.07, 6.45) is 0.896. The maximum absolute atomic E-state index is 5.02. The summed E-state index contributed by atoms with van der Waals surface area (Å²) >= 11 is 0. The molecule has 1 saturated heterocycles. The fourth-order valence-corrected chi connectivity index (χ4v) is 2.09. The molecule has 2 N–H and O–H groups in total. The summed E-state index contributed by atoms with van der Waals surface area (Å²) in [6.45, 7) is 2.95. The van der Waals surface area contributed by atoms with Crippen LogP contribution in [0.2, 0.25) is 0 Å². The number of benzene rings is 1. The van der Waals surface area contributed by atoms with E-state index in [4.69, 9.17) is 5.90 Å². The van der Waals surface area contributed by atoms with Gasteiger partial charge in [0.2, 0.25) is 0 Å². The molecule has 0 spiro atoms. The van der Waals surface area contributed by atoms with Gasteiger partial charge in [0.05, 0.1) is 6.61 Å². The Hall–Kier alpha value is -0.900. The van der Waals surface area contributed by atoms with Gasteiger partial charge in [0.15, 0.2) is 0 Å². The van der Waals surface area contributed by atoms with Gasteiger partial charge in [-0.2, -0.15) is 0 Å². The lowest BCUT2D eigenvalue weighted by Gasteiger charge is -2.36. The van der Waals surface area contributed by atoms with Crippen LogP contribution in [0.25, 0.3) is 0 Å². The molecule has 0 bridgehead atoms. The molecule has 15 heavy (non-hydrogen) atoms. The van der Waals surface area contributed by atoms with Crippen LogP contribution in [0, 0.1) is 0 Å². The molecule has 2 rings (SSSR count). The second-order valence-corrected chi connectivity index (χ2v) is 4.28. The predicted molar refractivity (Wildman–Crippen MR) is 60.5 cm³/mol. The van der Waals surface area contributed by atoms with Gasteiger partial charge >= 0.3 is 0 Å². The van der Waals surface area contributed by atoms with E-state index in [-0.39, 0.29) is 0 Å². The Kier molecular flexibility index (Phi) is 3.36. The van der Waals surface area contributed by atoms with Crippen molar-refractivity contribution < 1.29 is 4.84 Å². The topological polar surface area (TPSA) is 38.5 Å². The van der Waals surface area contributed by atoms with Crippen LogP contribution in [-0.2, 0) is 11.3 Å². The zero-order valence-corrected chi connectivity index (χ0v) is 9.15. The largest absolute Gasteiger partial charge is 0.305 e. The number of likely N-dealkylation sites (tertiary alicyclic amines) is 1. The van der Waals surface area contributed by atoms with Gasteiger partial charge in [0.25, 0.3) is 0 Å². The number of rotatable bonds is 4. The number of hydrogen-bond donors (Lipinski definition) is 1. The Morgan fingerprint density at radius 3 is 2.93 bits per heavy atom. The lowest BCUT2D eigenvalue weighted by atomic mass is 9.91. The van der Waals surface area contributed by atoms with Crippen molar-refractivity contribution >= 4 is 0 Å². The molecule has 0 radical (unpaired) electrons. The molecule has 3 nitrogen and oxygen atoms in total. The van der Waals surface area contributed by atoms with Gasteiger partial charge in [-0.3, -0.25) is 0 Å². The molecule has 0 aliphatic carbocycles. The van der Waals surface area contributed by atoms with E-state index in [1.165, 1.54) is 24.2 Å². The average Bonchev–Trinajstić information content (AvgIpc) is 2.22. The first kappa shape index (κ1) is 10.6. The molecule has 1 aliphatic heterocycles. The molecular formula is C12H18N2O. The van der Waals surface area contributed by atoms with E-state index in [2.05, 4.69) is 41.1 Å². The molecule has 1 aromatic carbocycles. The molecule has 0 amide bonds. The van der Waals surface area contributed by atoms with Crippen LogP contribution in [-0.4, -0.2) is 31.6 Å². The minimum Gasteiger partial charge on any atom is -0.305 e. The minimum atomic E-state index is 0.591. The van der Waals surface area contributed by atoms with Crippen molar-refractivity contribution in [3.8, 4) is 0 Å². The normalized spacial score (nSPS) is 17.7. The highest BCUT2D eigenvalue weighted by molar-refractivity contribution is 5.28. The predicted octanol–water partition coefficient (Wildman–Crippen LogP) is 1.15. The molecule has 82 valence electrons. The SMILES string of the molecule is CN1CC(c2cccc(CCON)c2)C1. The lowest BCUT2D eigenvalue weighted by molar-refractivity contribution is 0.141. The molecule has 1 aromatic rings. The van der Waals surface area contributed by atoms with E-state index in [0.717, 1.165) is 6.42 Å². The molecule has 0 saturated carbocycles. The van der Waals surface area contributed by atoms with Gasteiger partial charge in [-0.15, -0.1) is 0 Å². The van der Waals surface area contributed by atoms with Crippen molar-refractivity contribution in [2.75, 3.05) is 26.7 Å². The molecule has 0 unspecified atom stereocenters.